The van der Waals surface area contributed by atoms with E-state index in [0.717, 1.165) is 6.42 Å². The van der Waals surface area contributed by atoms with Crippen LogP contribution < -0.4 is 10.6 Å². The molecule has 1 unspecified atom stereocenters. The van der Waals surface area contributed by atoms with Crippen molar-refractivity contribution in [1.82, 2.24) is 10.6 Å². The van der Waals surface area contributed by atoms with Crippen molar-refractivity contribution in [2.24, 2.45) is 0 Å². The molecule has 1 atom stereocenters. The van der Waals surface area contributed by atoms with E-state index in [1.54, 1.807) is 0 Å². The summed E-state index contributed by atoms with van der Waals surface area (Å²) < 4.78 is 36.5. The maximum absolute atomic E-state index is 12.2. The second kappa shape index (κ2) is 6.32. The van der Waals surface area contributed by atoms with Gasteiger partial charge in [0, 0.05) is 6.04 Å². The first kappa shape index (κ1) is 16.6. The summed E-state index contributed by atoms with van der Waals surface area (Å²) in [5.41, 5.74) is -1.36. The number of alkyl halides is 3. The fraction of sp³-hybridized carbons (Fsp3) is 0.833. The molecule has 0 heterocycles. The Morgan fingerprint density at radius 2 is 1.80 bits per heavy atom. The van der Waals surface area contributed by atoms with Gasteiger partial charge in [-0.05, 0) is 19.8 Å². The van der Waals surface area contributed by atoms with Crippen LogP contribution in [0.2, 0.25) is 0 Å². The Kier molecular flexibility index (Phi) is 5.24. The number of carbonyl (C=O) groups excluding carboxylic acids is 1. The van der Waals surface area contributed by atoms with Gasteiger partial charge in [0.2, 0.25) is 0 Å². The molecule has 1 saturated carbocycles. The zero-order valence-corrected chi connectivity index (χ0v) is 11.2. The topological polar surface area (TPSA) is 78.4 Å². The molecule has 5 nitrogen and oxygen atoms in total. The number of carboxylic acid groups (broad SMARTS) is 1. The summed E-state index contributed by atoms with van der Waals surface area (Å²) in [4.78, 5) is 23.0. The van der Waals surface area contributed by atoms with Gasteiger partial charge in [-0.15, -0.1) is 0 Å². The van der Waals surface area contributed by atoms with Crippen LogP contribution >= 0.6 is 0 Å². The highest BCUT2D eigenvalue weighted by Gasteiger charge is 2.41. The number of hydrogen-bond donors (Lipinski definition) is 3. The summed E-state index contributed by atoms with van der Waals surface area (Å²) in [6.45, 7) is 1.22. The molecule has 1 aliphatic carbocycles. The third kappa shape index (κ3) is 4.90. The van der Waals surface area contributed by atoms with Gasteiger partial charge in [-0.25, -0.2) is 9.59 Å². The highest BCUT2D eigenvalue weighted by atomic mass is 19.4. The van der Waals surface area contributed by atoms with Crippen molar-refractivity contribution in [3.63, 3.8) is 0 Å². The summed E-state index contributed by atoms with van der Waals surface area (Å²) >= 11 is 0. The number of rotatable bonds is 4. The Labute approximate surface area is 114 Å². The predicted octanol–water partition coefficient (Wildman–Crippen LogP) is 2.41. The summed E-state index contributed by atoms with van der Waals surface area (Å²) in [6.07, 6.45) is -2.70. The highest BCUT2D eigenvalue weighted by molar-refractivity contribution is 5.86. The van der Waals surface area contributed by atoms with E-state index in [4.69, 9.17) is 0 Å². The molecule has 1 fully saturated rings. The number of nitrogens with one attached hydrogen (secondary N) is 2. The van der Waals surface area contributed by atoms with Crippen molar-refractivity contribution < 1.29 is 27.9 Å². The molecule has 2 amide bonds. The SMILES string of the molecule is CC(CC(F)(F)F)NC(=O)NC1(C(=O)O)CCCCC1. The molecule has 8 heteroatoms. The summed E-state index contributed by atoms with van der Waals surface area (Å²) in [5, 5.41) is 13.7. The zero-order valence-electron chi connectivity index (χ0n) is 11.2. The number of aliphatic carboxylic acids is 1. The monoisotopic (exact) mass is 296 g/mol. The van der Waals surface area contributed by atoms with Gasteiger partial charge in [0.05, 0.1) is 6.42 Å². The van der Waals surface area contributed by atoms with Crippen LogP contribution in [0.25, 0.3) is 0 Å². The Bertz CT molecular complexity index is 365. The van der Waals surface area contributed by atoms with E-state index in [0.29, 0.717) is 25.7 Å². The van der Waals surface area contributed by atoms with Crippen LogP contribution in [0.15, 0.2) is 0 Å². The van der Waals surface area contributed by atoms with Crippen molar-refractivity contribution in [3.8, 4) is 0 Å². The van der Waals surface area contributed by atoms with Crippen LogP contribution in [0.3, 0.4) is 0 Å². The van der Waals surface area contributed by atoms with Gasteiger partial charge >= 0.3 is 18.2 Å². The van der Waals surface area contributed by atoms with Crippen LogP contribution in [0, 0.1) is 0 Å². The quantitative estimate of drug-likeness (QED) is 0.745. The van der Waals surface area contributed by atoms with Gasteiger partial charge < -0.3 is 15.7 Å². The Balaban J connectivity index is 2.57. The molecule has 0 saturated heterocycles. The van der Waals surface area contributed by atoms with E-state index in [1.165, 1.54) is 6.92 Å². The lowest BCUT2D eigenvalue weighted by Gasteiger charge is -2.34. The van der Waals surface area contributed by atoms with Crippen molar-refractivity contribution in [3.05, 3.63) is 0 Å². The van der Waals surface area contributed by atoms with E-state index in [1.807, 2.05) is 0 Å². The van der Waals surface area contributed by atoms with Crippen molar-refractivity contribution in [2.45, 2.75) is 63.2 Å². The molecular weight excluding hydrogens is 277 g/mol. The fourth-order valence-corrected chi connectivity index (χ4v) is 2.42. The maximum Gasteiger partial charge on any atom is 0.391 e. The van der Waals surface area contributed by atoms with Gasteiger partial charge in [0.1, 0.15) is 5.54 Å². The lowest BCUT2D eigenvalue weighted by molar-refractivity contribution is -0.146. The molecule has 1 rings (SSSR count). The minimum Gasteiger partial charge on any atom is -0.480 e. The fourth-order valence-electron chi connectivity index (χ4n) is 2.42. The van der Waals surface area contributed by atoms with E-state index in [-0.39, 0.29) is 0 Å². The molecule has 0 aromatic carbocycles. The number of urea groups is 1. The molecule has 0 aliphatic heterocycles. The number of carboxylic acids is 1. The largest absolute Gasteiger partial charge is 0.480 e. The van der Waals surface area contributed by atoms with Crippen LogP contribution in [-0.4, -0.2) is 34.9 Å². The van der Waals surface area contributed by atoms with E-state index < -0.39 is 36.2 Å². The average Bonchev–Trinajstić information content (AvgIpc) is 2.26. The molecule has 0 radical (unpaired) electrons. The number of hydrogen-bond acceptors (Lipinski definition) is 2. The molecular formula is C12H19F3N2O3. The smallest absolute Gasteiger partial charge is 0.391 e. The number of amides is 2. The first-order valence-electron chi connectivity index (χ1n) is 6.53. The average molecular weight is 296 g/mol. The predicted molar refractivity (Wildman–Crippen MR) is 65.3 cm³/mol. The van der Waals surface area contributed by atoms with Gasteiger partial charge in [0.15, 0.2) is 0 Å². The Morgan fingerprint density at radius 3 is 2.25 bits per heavy atom. The molecule has 0 bridgehead atoms. The van der Waals surface area contributed by atoms with Crippen molar-refractivity contribution in [2.75, 3.05) is 0 Å². The molecule has 3 N–H and O–H groups in total. The number of halogens is 3. The van der Waals surface area contributed by atoms with E-state index >= 15 is 0 Å². The molecule has 0 aromatic rings. The first-order valence-corrected chi connectivity index (χ1v) is 6.53. The van der Waals surface area contributed by atoms with Crippen LogP contribution in [-0.2, 0) is 4.79 Å². The minimum atomic E-state index is -4.37. The molecule has 0 spiro atoms. The van der Waals surface area contributed by atoms with Gasteiger partial charge in [0.25, 0.3) is 0 Å². The highest BCUT2D eigenvalue weighted by Crippen LogP contribution is 2.28. The van der Waals surface area contributed by atoms with Crippen LogP contribution in [0.5, 0.6) is 0 Å². The van der Waals surface area contributed by atoms with E-state index in [2.05, 4.69) is 10.6 Å². The summed E-state index contributed by atoms with van der Waals surface area (Å²) in [6, 6.07) is -1.98. The van der Waals surface area contributed by atoms with Gasteiger partial charge in [-0.3, -0.25) is 0 Å². The molecule has 1 aliphatic rings. The molecule has 116 valence electrons. The Hall–Kier alpha value is -1.47. The standard InChI is InChI=1S/C12H19F3N2O3/c1-8(7-12(13,14)15)16-10(20)17-11(9(18)19)5-3-2-4-6-11/h8H,2-7H2,1H3,(H,18,19)(H2,16,17,20). The Morgan fingerprint density at radius 1 is 1.25 bits per heavy atom. The third-order valence-corrected chi connectivity index (χ3v) is 3.38. The van der Waals surface area contributed by atoms with Crippen molar-refractivity contribution >= 4 is 12.0 Å². The summed E-state index contributed by atoms with van der Waals surface area (Å²) in [5.74, 6) is -1.14. The second-order valence-corrected chi connectivity index (χ2v) is 5.27. The van der Waals surface area contributed by atoms with Gasteiger partial charge in [-0.1, -0.05) is 19.3 Å². The zero-order chi connectivity index (χ0) is 15.4. The van der Waals surface area contributed by atoms with Crippen LogP contribution in [0.1, 0.15) is 45.4 Å². The normalized spacial score (nSPS) is 20.0. The van der Waals surface area contributed by atoms with Crippen molar-refractivity contribution in [1.29, 1.82) is 0 Å². The molecule has 20 heavy (non-hydrogen) atoms. The number of carbonyl (C=O) groups is 2. The lowest BCUT2D eigenvalue weighted by Crippen LogP contribution is -2.59. The first-order chi connectivity index (χ1) is 9.15. The summed E-state index contributed by atoms with van der Waals surface area (Å²) in [7, 11) is 0. The maximum atomic E-state index is 12.2. The minimum absolute atomic E-state index is 0.295. The van der Waals surface area contributed by atoms with E-state index in [9.17, 15) is 27.9 Å². The second-order valence-electron chi connectivity index (χ2n) is 5.27. The lowest BCUT2D eigenvalue weighted by atomic mass is 9.82. The molecule has 0 aromatic heterocycles. The van der Waals surface area contributed by atoms with Crippen LogP contribution in [0.4, 0.5) is 18.0 Å². The van der Waals surface area contributed by atoms with Gasteiger partial charge in [-0.2, -0.15) is 13.2 Å². The third-order valence-electron chi connectivity index (χ3n) is 3.38.